The molecule has 0 bridgehead atoms. The van der Waals surface area contributed by atoms with E-state index in [9.17, 15) is 8.42 Å². The van der Waals surface area contributed by atoms with Crippen molar-refractivity contribution in [3.8, 4) is 0 Å². The molecule has 0 aliphatic carbocycles. The first-order valence-electron chi connectivity index (χ1n) is 5.48. The standard InChI is InChI=1S/C11H16Cl2N2O2S/c1-4-15(7(2)3)18(16,17)9-6-5-8(12)11(14)10(9)13/h5-7H,4,14H2,1-3H3. The van der Waals surface area contributed by atoms with Crippen molar-refractivity contribution in [1.29, 1.82) is 0 Å². The van der Waals surface area contributed by atoms with Crippen LogP contribution in [0.2, 0.25) is 10.0 Å². The van der Waals surface area contributed by atoms with Gasteiger partial charge in [0.1, 0.15) is 4.90 Å². The summed E-state index contributed by atoms with van der Waals surface area (Å²) in [6, 6.07) is 2.65. The van der Waals surface area contributed by atoms with Crippen molar-refractivity contribution in [1.82, 2.24) is 4.31 Å². The van der Waals surface area contributed by atoms with Crippen molar-refractivity contribution in [3.05, 3.63) is 22.2 Å². The highest BCUT2D eigenvalue weighted by atomic mass is 35.5. The lowest BCUT2D eigenvalue weighted by Crippen LogP contribution is -2.36. The molecule has 18 heavy (non-hydrogen) atoms. The molecule has 0 saturated heterocycles. The normalized spacial score (nSPS) is 12.4. The second kappa shape index (κ2) is 5.65. The highest BCUT2D eigenvalue weighted by Gasteiger charge is 2.28. The molecule has 0 heterocycles. The number of benzene rings is 1. The first-order valence-corrected chi connectivity index (χ1v) is 7.68. The van der Waals surface area contributed by atoms with E-state index >= 15 is 0 Å². The molecule has 7 heteroatoms. The van der Waals surface area contributed by atoms with E-state index in [-0.39, 0.29) is 26.7 Å². The van der Waals surface area contributed by atoms with Crippen LogP contribution in [0.4, 0.5) is 5.69 Å². The van der Waals surface area contributed by atoms with Gasteiger partial charge in [0, 0.05) is 12.6 Å². The van der Waals surface area contributed by atoms with Gasteiger partial charge in [-0.1, -0.05) is 30.1 Å². The Morgan fingerprint density at radius 1 is 1.33 bits per heavy atom. The molecule has 102 valence electrons. The van der Waals surface area contributed by atoms with Crippen LogP contribution in [-0.2, 0) is 10.0 Å². The Morgan fingerprint density at radius 2 is 1.89 bits per heavy atom. The molecule has 0 radical (unpaired) electrons. The van der Waals surface area contributed by atoms with Crippen LogP contribution in [0.1, 0.15) is 20.8 Å². The van der Waals surface area contributed by atoms with E-state index in [4.69, 9.17) is 28.9 Å². The Kier molecular flexibility index (Phi) is 4.89. The van der Waals surface area contributed by atoms with Gasteiger partial charge in [-0.25, -0.2) is 8.42 Å². The third-order valence-electron chi connectivity index (χ3n) is 2.57. The fourth-order valence-corrected chi connectivity index (χ4v) is 4.07. The Labute approximate surface area is 118 Å². The van der Waals surface area contributed by atoms with E-state index in [1.165, 1.54) is 16.4 Å². The average molecular weight is 311 g/mol. The van der Waals surface area contributed by atoms with Gasteiger partial charge >= 0.3 is 0 Å². The number of nitrogen functional groups attached to an aromatic ring is 1. The van der Waals surface area contributed by atoms with Crippen molar-refractivity contribution in [2.75, 3.05) is 12.3 Å². The predicted molar refractivity (Wildman–Crippen MR) is 75.6 cm³/mol. The van der Waals surface area contributed by atoms with Crippen molar-refractivity contribution in [2.24, 2.45) is 0 Å². The fourth-order valence-electron chi connectivity index (χ4n) is 1.69. The van der Waals surface area contributed by atoms with E-state index in [0.717, 1.165) is 0 Å². The number of nitrogens with two attached hydrogens (primary N) is 1. The lowest BCUT2D eigenvalue weighted by atomic mass is 10.3. The molecular formula is C11H16Cl2N2O2S. The maximum absolute atomic E-state index is 12.4. The SMILES string of the molecule is CCN(C(C)C)S(=O)(=O)c1ccc(Cl)c(N)c1Cl. The highest BCUT2D eigenvalue weighted by molar-refractivity contribution is 7.89. The van der Waals surface area contributed by atoms with Gasteiger partial charge < -0.3 is 5.73 Å². The predicted octanol–water partition coefficient (Wildman–Crippen LogP) is 2.99. The zero-order chi connectivity index (χ0) is 14.1. The fraction of sp³-hybridized carbons (Fsp3) is 0.455. The Bertz CT molecular complexity index is 544. The smallest absolute Gasteiger partial charge is 0.244 e. The summed E-state index contributed by atoms with van der Waals surface area (Å²) in [6.07, 6.45) is 0. The van der Waals surface area contributed by atoms with Crippen LogP contribution in [0.5, 0.6) is 0 Å². The van der Waals surface area contributed by atoms with Crippen molar-refractivity contribution in [3.63, 3.8) is 0 Å². The van der Waals surface area contributed by atoms with Crippen LogP contribution >= 0.6 is 23.2 Å². The van der Waals surface area contributed by atoms with Crippen molar-refractivity contribution < 1.29 is 8.42 Å². The third-order valence-corrected chi connectivity index (χ3v) is 5.61. The molecule has 0 saturated carbocycles. The van der Waals surface area contributed by atoms with E-state index in [1.807, 2.05) is 0 Å². The Hall–Kier alpha value is -0.490. The number of nitrogens with zero attached hydrogens (tertiary/aromatic N) is 1. The van der Waals surface area contributed by atoms with Gasteiger partial charge in [0.2, 0.25) is 10.0 Å². The van der Waals surface area contributed by atoms with Gasteiger partial charge in [-0.15, -0.1) is 0 Å². The van der Waals surface area contributed by atoms with Gasteiger partial charge in [-0.05, 0) is 26.0 Å². The lowest BCUT2D eigenvalue weighted by Gasteiger charge is -2.25. The minimum Gasteiger partial charge on any atom is -0.396 e. The topological polar surface area (TPSA) is 63.4 Å². The van der Waals surface area contributed by atoms with Gasteiger partial charge in [0.05, 0.1) is 15.7 Å². The van der Waals surface area contributed by atoms with Gasteiger partial charge in [-0.3, -0.25) is 0 Å². The summed E-state index contributed by atoms with van der Waals surface area (Å²) in [7, 11) is -3.66. The maximum Gasteiger partial charge on any atom is 0.244 e. The van der Waals surface area contributed by atoms with E-state index in [0.29, 0.717) is 6.54 Å². The summed E-state index contributed by atoms with van der Waals surface area (Å²) in [4.78, 5) is -0.0124. The molecule has 0 aliphatic heterocycles. The number of anilines is 1. The Morgan fingerprint density at radius 3 is 2.33 bits per heavy atom. The van der Waals surface area contributed by atoms with Crippen LogP contribution in [0.3, 0.4) is 0 Å². The summed E-state index contributed by atoms with van der Waals surface area (Å²) in [5.74, 6) is 0. The molecule has 0 atom stereocenters. The monoisotopic (exact) mass is 310 g/mol. The van der Waals surface area contributed by atoms with E-state index in [2.05, 4.69) is 0 Å². The van der Waals surface area contributed by atoms with Crippen molar-refractivity contribution in [2.45, 2.75) is 31.7 Å². The molecule has 1 aromatic carbocycles. The van der Waals surface area contributed by atoms with Gasteiger partial charge in [0.15, 0.2) is 0 Å². The van der Waals surface area contributed by atoms with Crippen LogP contribution in [0, 0.1) is 0 Å². The second-order valence-electron chi connectivity index (χ2n) is 4.08. The largest absolute Gasteiger partial charge is 0.396 e. The quantitative estimate of drug-likeness (QED) is 0.869. The molecule has 4 nitrogen and oxygen atoms in total. The van der Waals surface area contributed by atoms with Crippen LogP contribution in [0.25, 0.3) is 0 Å². The van der Waals surface area contributed by atoms with Crippen LogP contribution < -0.4 is 5.73 Å². The number of halogens is 2. The molecule has 0 fully saturated rings. The third kappa shape index (κ3) is 2.74. The van der Waals surface area contributed by atoms with E-state index in [1.54, 1.807) is 20.8 Å². The minimum absolute atomic E-state index is 0.0124. The molecule has 0 aliphatic rings. The molecule has 2 N–H and O–H groups in total. The van der Waals surface area contributed by atoms with Crippen LogP contribution in [-0.4, -0.2) is 25.3 Å². The second-order valence-corrected chi connectivity index (χ2v) is 6.72. The van der Waals surface area contributed by atoms with Gasteiger partial charge in [0.25, 0.3) is 0 Å². The highest BCUT2D eigenvalue weighted by Crippen LogP contribution is 2.34. The average Bonchev–Trinajstić information content (AvgIpc) is 2.25. The number of rotatable bonds is 4. The van der Waals surface area contributed by atoms with Gasteiger partial charge in [-0.2, -0.15) is 4.31 Å². The number of sulfonamides is 1. The summed E-state index contributed by atoms with van der Waals surface area (Å²) >= 11 is 11.8. The molecule has 0 unspecified atom stereocenters. The lowest BCUT2D eigenvalue weighted by molar-refractivity contribution is 0.369. The minimum atomic E-state index is -3.66. The summed E-state index contributed by atoms with van der Waals surface area (Å²) in [6.45, 7) is 5.73. The number of hydrogen-bond acceptors (Lipinski definition) is 3. The zero-order valence-corrected chi connectivity index (χ0v) is 12.8. The molecule has 0 aromatic heterocycles. The first kappa shape index (κ1) is 15.6. The van der Waals surface area contributed by atoms with Crippen molar-refractivity contribution >= 4 is 38.9 Å². The van der Waals surface area contributed by atoms with Crippen LogP contribution in [0.15, 0.2) is 17.0 Å². The molecular weight excluding hydrogens is 295 g/mol. The molecule has 1 rings (SSSR count). The maximum atomic E-state index is 12.4. The summed E-state index contributed by atoms with van der Waals surface area (Å²) in [5.41, 5.74) is 5.73. The van der Waals surface area contributed by atoms with E-state index < -0.39 is 10.0 Å². The molecule has 1 aromatic rings. The first-order chi connectivity index (χ1) is 8.23. The summed E-state index contributed by atoms with van der Waals surface area (Å²) in [5, 5.41) is 0.216. The zero-order valence-electron chi connectivity index (χ0n) is 10.4. The summed E-state index contributed by atoms with van der Waals surface area (Å²) < 4.78 is 26.2. The number of hydrogen-bond donors (Lipinski definition) is 1. The molecule has 0 amide bonds. The molecule has 0 spiro atoms. The Balaban J connectivity index is 3.42.